The molecule has 0 aromatic heterocycles. The van der Waals surface area contributed by atoms with Gasteiger partial charge < -0.3 is 4.74 Å². The molecule has 15 heavy (non-hydrogen) atoms. The summed E-state index contributed by atoms with van der Waals surface area (Å²) in [7, 11) is 0. The first kappa shape index (κ1) is 12.4. The first-order valence-electron chi connectivity index (χ1n) is 5.41. The lowest BCUT2D eigenvalue weighted by atomic mass is 10.1. The highest BCUT2D eigenvalue weighted by Crippen LogP contribution is 2.12. The molecule has 1 heterocycles. The lowest BCUT2D eigenvalue weighted by Gasteiger charge is -2.36. The molecule has 1 aliphatic heterocycles. The Bertz CT molecular complexity index is 213. The molecule has 88 valence electrons. The van der Waals surface area contributed by atoms with Crippen LogP contribution in [0.25, 0.3) is 0 Å². The van der Waals surface area contributed by atoms with Gasteiger partial charge in [-0.05, 0) is 13.8 Å². The van der Waals surface area contributed by atoms with Gasteiger partial charge in [-0.1, -0.05) is 6.92 Å². The highest BCUT2D eigenvalue weighted by Gasteiger charge is 2.24. The largest absolute Gasteiger partial charge is 0.373 e. The molecule has 3 atom stereocenters. The standard InChI is InChI=1S/C10H21N3O2/c1-7(10(14)12-11)4-13-5-8(2)15-9(3)6-13/h7-9H,4-6,11H2,1-3H3,(H,12,14)/t7-,8-,9+/m1/s1. The number of carbonyl (C=O) groups excluding carboxylic acids is 1. The maximum absolute atomic E-state index is 11.3. The third-order valence-corrected chi connectivity index (χ3v) is 2.62. The normalized spacial score (nSPS) is 29.9. The van der Waals surface area contributed by atoms with Crippen molar-refractivity contribution in [3.63, 3.8) is 0 Å². The number of nitrogens with one attached hydrogen (secondary N) is 1. The number of rotatable bonds is 3. The minimum Gasteiger partial charge on any atom is -0.373 e. The van der Waals surface area contributed by atoms with Crippen LogP contribution in [0.5, 0.6) is 0 Å². The van der Waals surface area contributed by atoms with Crippen molar-refractivity contribution in [3.8, 4) is 0 Å². The second-order valence-electron chi connectivity index (χ2n) is 4.39. The molecule has 1 saturated heterocycles. The van der Waals surface area contributed by atoms with Crippen LogP contribution in [0.3, 0.4) is 0 Å². The molecule has 0 unspecified atom stereocenters. The Hall–Kier alpha value is -0.650. The number of carbonyl (C=O) groups is 1. The maximum Gasteiger partial charge on any atom is 0.237 e. The Morgan fingerprint density at radius 1 is 1.53 bits per heavy atom. The topological polar surface area (TPSA) is 67.6 Å². The van der Waals surface area contributed by atoms with Gasteiger partial charge in [-0.25, -0.2) is 5.84 Å². The van der Waals surface area contributed by atoms with Gasteiger partial charge in [-0.15, -0.1) is 0 Å². The molecule has 1 fully saturated rings. The van der Waals surface area contributed by atoms with Crippen molar-refractivity contribution in [2.75, 3.05) is 19.6 Å². The third-order valence-electron chi connectivity index (χ3n) is 2.62. The fraction of sp³-hybridized carbons (Fsp3) is 0.900. The summed E-state index contributed by atoms with van der Waals surface area (Å²) in [6, 6.07) is 0. The van der Waals surface area contributed by atoms with Gasteiger partial charge in [0.05, 0.1) is 12.2 Å². The minimum atomic E-state index is -0.109. The van der Waals surface area contributed by atoms with Crippen LogP contribution in [0.2, 0.25) is 0 Å². The molecule has 1 rings (SSSR count). The number of nitrogens with zero attached hydrogens (tertiary/aromatic N) is 1. The molecule has 0 spiro atoms. The third kappa shape index (κ3) is 3.77. The van der Waals surface area contributed by atoms with Gasteiger partial charge >= 0.3 is 0 Å². The molecule has 0 aliphatic carbocycles. The van der Waals surface area contributed by atoms with Crippen molar-refractivity contribution in [2.24, 2.45) is 11.8 Å². The first-order valence-corrected chi connectivity index (χ1v) is 5.41. The van der Waals surface area contributed by atoms with Crippen LogP contribution < -0.4 is 11.3 Å². The summed E-state index contributed by atoms with van der Waals surface area (Å²) >= 11 is 0. The van der Waals surface area contributed by atoms with Crippen molar-refractivity contribution in [3.05, 3.63) is 0 Å². The van der Waals surface area contributed by atoms with E-state index in [1.54, 1.807) is 0 Å². The molecule has 1 amide bonds. The zero-order chi connectivity index (χ0) is 11.4. The van der Waals surface area contributed by atoms with Crippen LogP contribution >= 0.6 is 0 Å². The van der Waals surface area contributed by atoms with Crippen LogP contribution in [0, 0.1) is 5.92 Å². The average molecular weight is 215 g/mol. The highest BCUT2D eigenvalue weighted by atomic mass is 16.5. The van der Waals surface area contributed by atoms with E-state index < -0.39 is 0 Å². The molecule has 0 bridgehead atoms. The van der Waals surface area contributed by atoms with E-state index in [1.165, 1.54) is 0 Å². The number of morpholine rings is 1. The fourth-order valence-corrected chi connectivity index (χ4v) is 2.05. The molecule has 0 radical (unpaired) electrons. The van der Waals surface area contributed by atoms with E-state index in [1.807, 2.05) is 6.92 Å². The lowest BCUT2D eigenvalue weighted by Crippen LogP contribution is -2.49. The zero-order valence-corrected chi connectivity index (χ0v) is 9.69. The number of ether oxygens (including phenoxy) is 1. The van der Waals surface area contributed by atoms with Gasteiger partial charge in [-0.2, -0.15) is 0 Å². The van der Waals surface area contributed by atoms with Gasteiger partial charge in [0, 0.05) is 25.6 Å². The van der Waals surface area contributed by atoms with Crippen molar-refractivity contribution in [1.82, 2.24) is 10.3 Å². The van der Waals surface area contributed by atoms with Crippen LogP contribution in [-0.4, -0.2) is 42.6 Å². The lowest BCUT2D eigenvalue weighted by molar-refractivity contribution is -0.126. The molecule has 5 heteroatoms. The van der Waals surface area contributed by atoms with Gasteiger partial charge in [0.2, 0.25) is 5.91 Å². The molecular weight excluding hydrogens is 194 g/mol. The predicted molar refractivity (Wildman–Crippen MR) is 57.9 cm³/mol. The average Bonchev–Trinajstić information content (AvgIpc) is 2.14. The molecule has 0 saturated carbocycles. The summed E-state index contributed by atoms with van der Waals surface area (Å²) in [5.74, 6) is 4.90. The second-order valence-corrected chi connectivity index (χ2v) is 4.39. The van der Waals surface area contributed by atoms with Crippen LogP contribution in [0.15, 0.2) is 0 Å². The number of hydrazine groups is 1. The Kier molecular flexibility index (Phi) is 4.50. The summed E-state index contributed by atoms with van der Waals surface area (Å²) in [4.78, 5) is 13.5. The number of nitrogens with two attached hydrogens (primary N) is 1. The van der Waals surface area contributed by atoms with Crippen molar-refractivity contribution in [2.45, 2.75) is 33.0 Å². The Morgan fingerprint density at radius 2 is 2.07 bits per heavy atom. The quantitative estimate of drug-likeness (QED) is 0.386. The molecule has 0 aromatic rings. The summed E-state index contributed by atoms with van der Waals surface area (Å²) in [5.41, 5.74) is 2.18. The van der Waals surface area contributed by atoms with Crippen molar-refractivity contribution >= 4 is 5.91 Å². The second kappa shape index (κ2) is 5.44. The number of hydrogen-bond donors (Lipinski definition) is 2. The Morgan fingerprint density at radius 3 is 2.53 bits per heavy atom. The number of hydrogen-bond acceptors (Lipinski definition) is 4. The maximum atomic E-state index is 11.3. The van der Waals surface area contributed by atoms with Gasteiger partial charge in [-0.3, -0.25) is 15.1 Å². The fourth-order valence-electron chi connectivity index (χ4n) is 2.05. The van der Waals surface area contributed by atoms with E-state index in [-0.39, 0.29) is 24.0 Å². The van der Waals surface area contributed by atoms with Gasteiger partial charge in [0.1, 0.15) is 0 Å². The molecule has 0 aromatic carbocycles. The van der Waals surface area contributed by atoms with Crippen molar-refractivity contribution < 1.29 is 9.53 Å². The summed E-state index contributed by atoms with van der Waals surface area (Å²) in [6.45, 7) is 8.49. The SMILES string of the molecule is C[C@@H]1CN(C[C@@H](C)C(=O)NN)C[C@H](C)O1. The van der Waals surface area contributed by atoms with E-state index in [0.717, 1.165) is 19.6 Å². The van der Waals surface area contributed by atoms with Gasteiger partial charge in [0.15, 0.2) is 0 Å². The van der Waals surface area contributed by atoms with E-state index in [2.05, 4.69) is 24.2 Å². The molecule has 5 nitrogen and oxygen atoms in total. The summed E-state index contributed by atoms with van der Waals surface area (Å²) < 4.78 is 5.62. The summed E-state index contributed by atoms with van der Waals surface area (Å²) in [5, 5.41) is 0. The smallest absolute Gasteiger partial charge is 0.237 e. The molecule has 3 N–H and O–H groups in total. The van der Waals surface area contributed by atoms with Crippen LogP contribution in [-0.2, 0) is 9.53 Å². The summed E-state index contributed by atoms with van der Waals surface area (Å²) in [6.07, 6.45) is 0.476. The first-order chi connectivity index (χ1) is 7.02. The van der Waals surface area contributed by atoms with E-state index in [0.29, 0.717) is 0 Å². The predicted octanol–water partition coefficient (Wildman–Crippen LogP) is -0.278. The zero-order valence-electron chi connectivity index (χ0n) is 9.69. The molecular formula is C10H21N3O2. The van der Waals surface area contributed by atoms with E-state index in [4.69, 9.17) is 10.6 Å². The minimum absolute atomic E-state index is 0.0764. The number of amides is 1. The van der Waals surface area contributed by atoms with Crippen LogP contribution in [0.1, 0.15) is 20.8 Å². The van der Waals surface area contributed by atoms with E-state index >= 15 is 0 Å². The highest BCUT2D eigenvalue weighted by molar-refractivity contribution is 5.77. The van der Waals surface area contributed by atoms with Crippen LogP contribution in [0.4, 0.5) is 0 Å². The Labute approximate surface area is 90.9 Å². The van der Waals surface area contributed by atoms with Gasteiger partial charge in [0.25, 0.3) is 0 Å². The molecule has 1 aliphatic rings. The van der Waals surface area contributed by atoms with E-state index in [9.17, 15) is 4.79 Å². The van der Waals surface area contributed by atoms with Crippen molar-refractivity contribution in [1.29, 1.82) is 0 Å². The monoisotopic (exact) mass is 215 g/mol. The Balaban J connectivity index is 2.40.